The first-order valence-corrected chi connectivity index (χ1v) is 7.67. The van der Waals surface area contributed by atoms with Gasteiger partial charge in [-0.1, -0.05) is 36.4 Å². The number of hydrogen-bond donors (Lipinski definition) is 2. The van der Waals surface area contributed by atoms with Crippen molar-refractivity contribution in [3.05, 3.63) is 71.4 Å². The number of nitrogens with one attached hydrogen (secondary N) is 2. The van der Waals surface area contributed by atoms with Crippen LogP contribution in [0.1, 0.15) is 16.7 Å². The summed E-state index contributed by atoms with van der Waals surface area (Å²) in [4.78, 5) is 18.2. The molecule has 0 saturated carbocycles. The Labute approximate surface area is 135 Å². The number of carbonyl (C=O) groups excluding carboxylic acids is 1. The van der Waals surface area contributed by atoms with Gasteiger partial charge in [0.05, 0.1) is 0 Å². The predicted octanol–water partition coefficient (Wildman–Crippen LogP) is 3.08. The average molecular weight is 305 g/mol. The minimum atomic E-state index is 0.552. The van der Waals surface area contributed by atoms with E-state index < -0.39 is 0 Å². The van der Waals surface area contributed by atoms with E-state index in [9.17, 15) is 4.79 Å². The van der Waals surface area contributed by atoms with Gasteiger partial charge in [-0.3, -0.25) is 9.79 Å². The van der Waals surface area contributed by atoms with E-state index in [0.717, 1.165) is 36.0 Å². The molecule has 3 aromatic rings. The summed E-state index contributed by atoms with van der Waals surface area (Å²) in [6, 6.07) is 16.3. The highest BCUT2D eigenvalue weighted by Crippen LogP contribution is 2.20. The Bertz CT molecular complexity index is 806. The first kappa shape index (κ1) is 15.0. The summed E-state index contributed by atoms with van der Waals surface area (Å²) in [5.41, 5.74) is 4.58. The van der Waals surface area contributed by atoms with Gasteiger partial charge in [0.15, 0.2) is 0 Å². The highest BCUT2D eigenvalue weighted by atomic mass is 16.1. The van der Waals surface area contributed by atoms with Crippen LogP contribution in [0.3, 0.4) is 0 Å². The summed E-state index contributed by atoms with van der Waals surface area (Å²) >= 11 is 0. The van der Waals surface area contributed by atoms with Crippen LogP contribution in [-0.4, -0.2) is 24.2 Å². The van der Waals surface area contributed by atoms with Crippen LogP contribution >= 0.6 is 0 Å². The maximum atomic E-state index is 10.4. The Balaban J connectivity index is 1.67. The summed E-state index contributed by atoms with van der Waals surface area (Å²) in [5, 5.41) is 3.90. The van der Waals surface area contributed by atoms with Crippen LogP contribution in [0.15, 0.2) is 59.7 Å². The maximum absolute atomic E-state index is 10.4. The van der Waals surface area contributed by atoms with Crippen LogP contribution in [-0.2, 0) is 17.8 Å². The van der Waals surface area contributed by atoms with E-state index in [1.54, 1.807) is 0 Å². The van der Waals surface area contributed by atoms with Gasteiger partial charge in [0, 0.05) is 36.4 Å². The molecule has 1 amide bonds. The number of aromatic nitrogens is 1. The Kier molecular flexibility index (Phi) is 4.84. The van der Waals surface area contributed by atoms with Gasteiger partial charge in [-0.15, -0.1) is 0 Å². The minimum absolute atomic E-state index is 0.552. The molecule has 2 N–H and O–H groups in total. The molecule has 0 aliphatic rings. The lowest BCUT2D eigenvalue weighted by Gasteiger charge is -2.02. The number of fused-ring (bicyclic) bond motifs is 1. The molecule has 0 radical (unpaired) electrons. The van der Waals surface area contributed by atoms with Crippen molar-refractivity contribution in [2.24, 2.45) is 4.99 Å². The number of hydrogen-bond acceptors (Lipinski definition) is 2. The second-order valence-electron chi connectivity index (χ2n) is 5.39. The highest BCUT2D eigenvalue weighted by molar-refractivity contribution is 5.84. The highest BCUT2D eigenvalue weighted by Gasteiger charge is 2.04. The molecule has 1 heterocycles. The molecular weight excluding hydrogens is 286 g/mol. The Morgan fingerprint density at radius 2 is 2.00 bits per heavy atom. The van der Waals surface area contributed by atoms with Gasteiger partial charge in [0.2, 0.25) is 6.41 Å². The smallest absolute Gasteiger partial charge is 0.207 e. The molecule has 4 nitrogen and oxygen atoms in total. The molecule has 0 unspecified atom stereocenters. The first-order chi connectivity index (χ1) is 11.4. The van der Waals surface area contributed by atoms with Gasteiger partial charge in [-0.2, -0.15) is 0 Å². The Morgan fingerprint density at radius 1 is 1.13 bits per heavy atom. The van der Waals surface area contributed by atoms with Crippen molar-refractivity contribution in [3.8, 4) is 0 Å². The number of aromatic amines is 1. The molecule has 0 fully saturated rings. The zero-order chi connectivity index (χ0) is 15.9. The average Bonchev–Trinajstić information content (AvgIpc) is 3.00. The SMILES string of the molecule is O=CNCc1ccc2[nH]cc(CC/N=C/c3ccccc3)c2c1. The Morgan fingerprint density at radius 3 is 2.83 bits per heavy atom. The summed E-state index contributed by atoms with van der Waals surface area (Å²) in [5.74, 6) is 0. The van der Waals surface area contributed by atoms with Crippen LogP contribution in [0.5, 0.6) is 0 Å². The fourth-order valence-electron chi connectivity index (χ4n) is 2.60. The lowest BCUT2D eigenvalue weighted by atomic mass is 10.1. The molecule has 1 aromatic heterocycles. The van der Waals surface area contributed by atoms with Crippen LogP contribution in [0.4, 0.5) is 0 Å². The van der Waals surface area contributed by atoms with Crippen molar-refractivity contribution < 1.29 is 4.79 Å². The van der Waals surface area contributed by atoms with Crippen molar-refractivity contribution in [1.29, 1.82) is 0 Å². The molecule has 0 atom stereocenters. The minimum Gasteiger partial charge on any atom is -0.361 e. The second kappa shape index (κ2) is 7.40. The predicted molar refractivity (Wildman–Crippen MR) is 93.8 cm³/mol. The fourth-order valence-corrected chi connectivity index (χ4v) is 2.60. The number of carbonyl (C=O) groups is 1. The molecule has 116 valence electrons. The van der Waals surface area contributed by atoms with Gasteiger partial charge in [0.1, 0.15) is 0 Å². The van der Waals surface area contributed by atoms with Crippen LogP contribution < -0.4 is 5.32 Å². The van der Waals surface area contributed by atoms with Crippen molar-refractivity contribution in [2.45, 2.75) is 13.0 Å². The third-order valence-electron chi connectivity index (χ3n) is 3.77. The molecule has 4 heteroatoms. The van der Waals surface area contributed by atoms with Crippen LogP contribution in [0, 0.1) is 0 Å². The number of amides is 1. The summed E-state index contributed by atoms with van der Waals surface area (Å²) < 4.78 is 0. The van der Waals surface area contributed by atoms with E-state index in [1.165, 1.54) is 10.9 Å². The van der Waals surface area contributed by atoms with E-state index in [0.29, 0.717) is 6.54 Å². The number of aliphatic imine (C=N–C) groups is 1. The first-order valence-electron chi connectivity index (χ1n) is 7.67. The molecule has 0 bridgehead atoms. The summed E-state index contributed by atoms with van der Waals surface area (Å²) in [7, 11) is 0. The normalized spacial score (nSPS) is 11.1. The van der Waals surface area contributed by atoms with Gasteiger partial charge >= 0.3 is 0 Å². The standard InChI is InChI=1S/C19H19N3O/c23-14-21-12-16-6-7-19-18(10-16)17(13-22-19)8-9-20-11-15-4-2-1-3-5-15/h1-7,10-11,13-14,22H,8-9,12H2,(H,21,23)/b20-11+. The van der Waals surface area contributed by atoms with Gasteiger partial charge in [-0.05, 0) is 35.2 Å². The largest absolute Gasteiger partial charge is 0.361 e. The van der Waals surface area contributed by atoms with E-state index in [-0.39, 0.29) is 0 Å². The van der Waals surface area contributed by atoms with Gasteiger partial charge < -0.3 is 10.3 Å². The third kappa shape index (κ3) is 3.86. The summed E-state index contributed by atoms with van der Waals surface area (Å²) in [6.45, 7) is 1.30. The number of H-pyrrole nitrogens is 1. The fraction of sp³-hybridized carbons (Fsp3) is 0.158. The molecule has 0 aliphatic carbocycles. The molecule has 0 aliphatic heterocycles. The number of benzene rings is 2. The summed E-state index contributed by atoms with van der Waals surface area (Å²) in [6.07, 6.45) is 5.56. The van der Waals surface area contributed by atoms with Gasteiger partial charge in [0.25, 0.3) is 0 Å². The molecule has 23 heavy (non-hydrogen) atoms. The van der Waals surface area contributed by atoms with Crippen molar-refractivity contribution in [3.63, 3.8) is 0 Å². The quantitative estimate of drug-likeness (QED) is 0.511. The van der Waals surface area contributed by atoms with E-state index in [1.807, 2.05) is 54.9 Å². The maximum Gasteiger partial charge on any atom is 0.207 e. The van der Waals surface area contributed by atoms with Crippen molar-refractivity contribution in [2.75, 3.05) is 6.54 Å². The lowest BCUT2D eigenvalue weighted by Crippen LogP contribution is -2.09. The van der Waals surface area contributed by atoms with E-state index in [4.69, 9.17) is 0 Å². The Hall–Kier alpha value is -2.88. The zero-order valence-electron chi connectivity index (χ0n) is 12.8. The van der Waals surface area contributed by atoms with E-state index in [2.05, 4.69) is 21.4 Å². The monoisotopic (exact) mass is 305 g/mol. The topological polar surface area (TPSA) is 57.2 Å². The third-order valence-corrected chi connectivity index (χ3v) is 3.77. The molecule has 2 aromatic carbocycles. The van der Waals surface area contributed by atoms with E-state index >= 15 is 0 Å². The zero-order valence-corrected chi connectivity index (χ0v) is 12.8. The van der Waals surface area contributed by atoms with Crippen molar-refractivity contribution >= 4 is 23.5 Å². The molecule has 3 rings (SSSR count). The van der Waals surface area contributed by atoms with Crippen LogP contribution in [0.25, 0.3) is 10.9 Å². The number of rotatable bonds is 7. The number of nitrogens with zero attached hydrogens (tertiary/aromatic N) is 1. The van der Waals surface area contributed by atoms with Crippen LogP contribution in [0.2, 0.25) is 0 Å². The lowest BCUT2D eigenvalue weighted by molar-refractivity contribution is -0.109. The molecule has 0 spiro atoms. The second-order valence-corrected chi connectivity index (χ2v) is 5.39. The van der Waals surface area contributed by atoms with Crippen molar-refractivity contribution in [1.82, 2.24) is 10.3 Å². The molecule has 0 saturated heterocycles. The molecular formula is C19H19N3O. The van der Waals surface area contributed by atoms with Gasteiger partial charge in [-0.25, -0.2) is 0 Å².